The quantitative estimate of drug-likeness (QED) is 0.637. The molecule has 1 aliphatic rings. The fourth-order valence-corrected chi connectivity index (χ4v) is 2.91. The van der Waals surface area contributed by atoms with Crippen LogP contribution in [-0.2, 0) is 12.8 Å². The Balaban J connectivity index is 2.14. The topological polar surface area (TPSA) is 0 Å². The van der Waals surface area contributed by atoms with Crippen molar-refractivity contribution in [3.63, 3.8) is 0 Å². The molecule has 0 N–H and O–H groups in total. The minimum absolute atomic E-state index is 0.834. The van der Waals surface area contributed by atoms with E-state index in [0.717, 1.165) is 5.92 Å². The third-order valence-electron chi connectivity index (χ3n) is 3.94. The summed E-state index contributed by atoms with van der Waals surface area (Å²) in [6.07, 6.45) is 9.44. The van der Waals surface area contributed by atoms with Gasteiger partial charge in [-0.2, -0.15) is 0 Å². The Morgan fingerprint density at radius 3 is 2.56 bits per heavy atom. The molecular weight excluding hydrogens is 192 g/mol. The van der Waals surface area contributed by atoms with Gasteiger partial charge in [-0.1, -0.05) is 51.3 Å². The lowest BCUT2D eigenvalue weighted by Crippen LogP contribution is -2.14. The fraction of sp³-hybridized carbons (Fsp3) is 0.625. The molecule has 1 aromatic carbocycles. The van der Waals surface area contributed by atoms with E-state index in [1.165, 1.54) is 44.9 Å². The van der Waals surface area contributed by atoms with Crippen molar-refractivity contribution < 1.29 is 0 Å². The van der Waals surface area contributed by atoms with Gasteiger partial charge in [0, 0.05) is 0 Å². The highest BCUT2D eigenvalue weighted by Crippen LogP contribution is 2.35. The SMILES string of the molecule is CCCCC(CCC)c1cccc2c1CC2. The Bertz CT molecular complexity index is 338. The molecular formula is C16H24. The number of unbranched alkanes of at least 4 members (excludes halogenated alkanes) is 1. The van der Waals surface area contributed by atoms with Crippen LogP contribution in [0.3, 0.4) is 0 Å². The maximum atomic E-state index is 2.38. The van der Waals surface area contributed by atoms with Crippen LogP contribution in [0.5, 0.6) is 0 Å². The molecule has 0 bridgehead atoms. The first-order chi connectivity index (χ1) is 7.86. The lowest BCUT2D eigenvalue weighted by molar-refractivity contribution is 0.533. The van der Waals surface area contributed by atoms with Gasteiger partial charge >= 0.3 is 0 Å². The highest BCUT2D eigenvalue weighted by Gasteiger charge is 2.21. The molecule has 88 valence electrons. The standard InChI is InChI=1S/C16H24/c1-3-5-8-13(7-4-2)15-10-6-9-14-11-12-16(14)15/h6,9-10,13H,3-5,7-8,11-12H2,1-2H3. The lowest BCUT2D eigenvalue weighted by atomic mass is 9.78. The van der Waals surface area contributed by atoms with Crippen LogP contribution in [0.4, 0.5) is 0 Å². The molecule has 0 heterocycles. The molecule has 0 heteroatoms. The molecule has 0 nitrogen and oxygen atoms in total. The monoisotopic (exact) mass is 216 g/mol. The Hall–Kier alpha value is -0.780. The van der Waals surface area contributed by atoms with E-state index in [9.17, 15) is 0 Å². The molecule has 0 aromatic heterocycles. The predicted octanol–water partition coefficient (Wildman–Crippen LogP) is 4.86. The molecule has 0 saturated carbocycles. The minimum Gasteiger partial charge on any atom is -0.0654 e. The number of hydrogen-bond acceptors (Lipinski definition) is 0. The number of benzene rings is 1. The zero-order valence-corrected chi connectivity index (χ0v) is 10.8. The molecule has 0 amide bonds. The molecule has 2 rings (SSSR count). The van der Waals surface area contributed by atoms with Crippen LogP contribution in [0.2, 0.25) is 0 Å². The first-order valence-corrected chi connectivity index (χ1v) is 6.97. The summed E-state index contributed by atoms with van der Waals surface area (Å²) in [7, 11) is 0. The van der Waals surface area contributed by atoms with E-state index in [-0.39, 0.29) is 0 Å². The molecule has 0 radical (unpaired) electrons. The second-order valence-corrected chi connectivity index (χ2v) is 5.11. The summed E-state index contributed by atoms with van der Waals surface area (Å²) in [5.74, 6) is 0.834. The molecule has 16 heavy (non-hydrogen) atoms. The van der Waals surface area contributed by atoms with Gasteiger partial charge < -0.3 is 0 Å². The Morgan fingerprint density at radius 1 is 1.06 bits per heavy atom. The third kappa shape index (κ3) is 2.31. The van der Waals surface area contributed by atoms with Gasteiger partial charge in [0.05, 0.1) is 0 Å². The molecule has 0 fully saturated rings. The van der Waals surface area contributed by atoms with Crippen LogP contribution in [0.15, 0.2) is 18.2 Å². The van der Waals surface area contributed by atoms with Crippen LogP contribution < -0.4 is 0 Å². The largest absolute Gasteiger partial charge is 0.0654 e. The average Bonchev–Trinajstić information content (AvgIpc) is 2.26. The predicted molar refractivity (Wildman–Crippen MR) is 71.0 cm³/mol. The van der Waals surface area contributed by atoms with Crippen molar-refractivity contribution in [3.05, 3.63) is 34.9 Å². The fourth-order valence-electron chi connectivity index (χ4n) is 2.91. The first kappa shape index (κ1) is 11.7. The van der Waals surface area contributed by atoms with E-state index in [1.807, 2.05) is 0 Å². The minimum atomic E-state index is 0.834. The van der Waals surface area contributed by atoms with Gasteiger partial charge in [0.2, 0.25) is 0 Å². The van der Waals surface area contributed by atoms with Crippen molar-refractivity contribution in [2.24, 2.45) is 0 Å². The van der Waals surface area contributed by atoms with Gasteiger partial charge in [-0.05, 0) is 48.3 Å². The summed E-state index contributed by atoms with van der Waals surface area (Å²) >= 11 is 0. The summed E-state index contributed by atoms with van der Waals surface area (Å²) in [5.41, 5.74) is 4.99. The zero-order valence-electron chi connectivity index (χ0n) is 10.8. The van der Waals surface area contributed by atoms with Gasteiger partial charge in [-0.25, -0.2) is 0 Å². The van der Waals surface area contributed by atoms with Gasteiger partial charge in [0.25, 0.3) is 0 Å². The van der Waals surface area contributed by atoms with Crippen molar-refractivity contribution in [1.29, 1.82) is 0 Å². The molecule has 1 aromatic rings. The molecule has 0 saturated heterocycles. The van der Waals surface area contributed by atoms with Crippen LogP contribution >= 0.6 is 0 Å². The first-order valence-electron chi connectivity index (χ1n) is 6.97. The van der Waals surface area contributed by atoms with Gasteiger partial charge in [0.1, 0.15) is 0 Å². The maximum absolute atomic E-state index is 2.38. The third-order valence-corrected chi connectivity index (χ3v) is 3.94. The Morgan fingerprint density at radius 2 is 1.94 bits per heavy atom. The maximum Gasteiger partial charge on any atom is -0.0159 e. The smallest absolute Gasteiger partial charge is 0.0159 e. The van der Waals surface area contributed by atoms with E-state index < -0.39 is 0 Å². The van der Waals surface area contributed by atoms with Crippen molar-refractivity contribution in [3.8, 4) is 0 Å². The van der Waals surface area contributed by atoms with Crippen LogP contribution in [0.1, 0.15) is 68.6 Å². The van der Waals surface area contributed by atoms with E-state index in [1.54, 1.807) is 16.7 Å². The van der Waals surface area contributed by atoms with Crippen molar-refractivity contribution in [1.82, 2.24) is 0 Å². The molecule has 1 aliphatic carbocycles. The lowest BCUT2D eigenvalue weighted by Gasteiger charge is -2.27. The number of fused-ring (bicyclic) bond motifs is 1. The summed E-state index contributed by atoms with van der Waals surface area (Å²) in [6, 6.07) is 6.96. The Labute approximate surface area is 100 Å². The zero-order chi connectivity index (χ0) is 11.4. The molecule has 0 aliphatic heterocycles. The number of hydrogen-bond donors (Lipinski definition) is 0. The second-order valence-electron chi connectivity index (χ2n) is 5.11. The van der Waals surface area contributed by atoms with Crippen molar-refractivity contribution in [2.45, 2.75) is 64.7 Å². The summed E-state index contributed by atoms with van der Waals surface area (Å²) < 4.78 is 0. The van der Waals surface area contributed by atoms with E-state index in [0.29, 0.717) is 0 Å². The summed E-state index contributed by atoms with van der Waals surface area (Å²) in [6.45, 7) is 4.61. The van der Waals surface area contributed by atoms with Gasteiger partial charge in [-0.3, -0.25) is 0 Å². The average molecular weight is 216 g/mol. The molecule has 1 atom stereocenters. The summed E-state index contributed by atoms with van der Waals surface area (Å²) in [5, 5.41) is 0. The van der Waals surface area contributed by atoms with E-state index >= 15 is 0 Å². The second kappa shape index (κ2) is 5.52. The van der Waals surface area contributed by atoms with Gasteiger partial charge in [-0.15, -0.1) is 0 Å². The molecule has 0 spiro atoms. The van der Waals surface area contributed by atoms with Crippen LogP contribution in [-0.4, -0.2) is 0 Å². The summed E-state index contributed by atoms with van der Waals surface area (Å²) in [4.78, 5) is 0. The highest BCUT2D eigenvalue weighted by atomic mass is 14.3. The van der Waals surface area contributed by atoms with E-state index in [2.05, 4.69) is 32.0 Å². The Kier molecular flexibility index (Phi) is 4.04. The van der Waals surface area contributed by atoms with Crippen LogP contribution in [0.25, 0.3) is 0 Å². The normalized spacial score (nSPS) is 15.4. The molecule has 1 unspecified atom stereocenters. The van der Waals surface area contributed by atoms with Crippen molar-refractivity contribution >= 4 is 0 Å². The van der Waals surface area contributed by atoms with Crippen molar-refractivity contribution in [2.75, 3.05) is 0 Å². The number of rotatable bonds is 6. The van der Waals surface area contributed by atoms with Gasteiger partial charge in [0.15, 0.2) is 0 Å². The number of aryl methyl sites for hydroxylation is 1. The highest BCUT2D eigenvalue weighted by molar-refractivity contribution is 5.43. The van der Waals surface area contributed by atoms with E-state index in [4.69, 9.17) is 0 Å². The van der Waals surface area contributed by atoms with Crippen LogP contribution in [0, 0.1) is 0 Å².